The lowest BCUT2D eigenvalue weighted by atomic mass is 10.2. The molecule has 0 atom stereocenters. The molecule has 1 aromatic carbocycles. The van der Waals surface area contributed by atoms with E-state index in [0.717, 1.165) is 0 Å². The number of ether oxygens (including phenoxy) is 1. The molecule has 4 heteroatoms. The molecule has 0 aliphatic carbocycles. The molecule has 84 valence electrons. The van der Waals surface area contributed by atoms with Crippen LogP contribution >= 0.6 is 0 Å². The van der Waals surface area contributed by atoms with E-state index in [9.17, 15) is 9.59 Å². The average Bonchev–Trinajstić information content (AvgIpc) is 2.35. The van der Waals surface area contributed by atoms with Gasteiger partial charge in [0.1, 0.15) is 6.54 Å². The fraction of sp³-hybridized carbons (Fsp3) is 0.167. The highest BCUT2D eigenvalue weighted by atomic mass is 16.5. The smallest absolute Gasteiger partial charge is 0.325 e. The Bertz CT molecular complexity index is 387. The number of rotatable bonds is 4. The van der Waals surface area contributed by atoms with Crippen LogP contribution in [-0.2, 0) is 9.53 Å². The summed E-state index contributed by atoms with van der Waals surface area (Å²) in [7, 11) is 1.27. The molecular formula is C12H13NO3. The maximum absolute atomic E-state index is 11.9. The average molecular weight is 219 g/mol. The van der Waals surface area contributed by atoms with Crippen LogP contribution in [0.1, 0.15) is 10.4 Å². The van der Waals surface area contributed by atoms with Crippen molar-refractivity contribution >= 4 is 11.9 Å². The lowest BCUT2D eigenvalue weighted by Gasteiger charge is -2.16. The van der Waals surface area contributed by atoms with Crippen molar-refractivity contribution in [3.05, 3.63) is 48.7 Å². The van der Waals surface area contributed by atoms with Gasteiger partial charge in [0.15, 0.2) is 0 Å². The van der Waals surface area contributed by atoms with Crippen LogP contribution in [0.2, 0.25) is 0 Å². The van der Waals surface area contributed by atoms with Gasteiger partial charge in [-0.15, -0.1) is 0 Å². The number of benzene rings is 1. The van der Waals surface area contributed by atoms with Crippen LogP contribution in [0, 0.1) is 0 Å². The van der Waals surface area contributed by atoms with Crippen LogP contribution < -0.4 is 0 Å². The highest BCUT2D eigenvalue weighted by molar-refractivity contribution is 5.96. The van der Waals surface area contributed by atoms with Gasteiger partial charge in [-0.25, -0.2) is 0 Å². The molecule has 0 bridgehead atoms. The summed E-state index contributed by atoms with van der Waals surface area (Å²) >= 11 is 0. The van der Waals surface area contributed by atoms with Crippen LogP contribution in [0.4, 0.5) is 0 Å². The Morgan fingerprint density at radius 2 is 2.00 bits per heavy atom. The number of methoxy groups -OCH3 is 1. The summed E-state index contributed by atoms with van der Waals surface area (Å²) in [6.45, 7) is 3.36. The highest BCUT2D eigenvalue weighted by Crippen LogP contribution is 2.04. The number of hydrogen-bond donors (Lipinski definition) is 0. The zero-order valence-corrected chi connectivity index (χ0v) is 9.05. The van der Waals surface area contributed by atoms with Gasteiger partial charge in [0.25, 0.3) is 5.91 Å². The van der Waals surface area contributed by atoms with Crippen LogP contribution in [0.3, 0.4) is 0 Å². The third-order valence-corrected chi connectivity index (χ3v) is 2.03. The Balaban J connectivity index is 2.78. The van der Waals surface area contributed by atoms with Crippen molar-refractivity contribution in [2.45, 2.75) is 0 Å². The highest BCUT2D eigenvalue weighted by Gasteiger charge is 2.15. The van der Waals surface area contributed by atoms with Gasteiger partial charge in [0.05, 0.1) is 7.11 Å². The molecule has 1 aromatic rings. The van der Waals surface area contributed by atoms with Crippen LogP contribution in [-0.4, -0.2) is 30.4 Å². The molecule has 0 heterocycles. The van der Waals surface area contributed by atoms with Crippen LogP contribution in [0.15, 0.2) is 43.1 Å². The molecule has 0 radical (unpaired) electrons. The second kappa shape index (κ2) is 5.70. The van der Waals surface area contributed by atoms with Gasteiger partial charge in [0.2, 0.25) is 0 Å². The zero-order chi connectivity index (χ0) is 12.0. The number of amides is 1. The van der Waals surface area contributed by atoms with Crippen LogP contribution in [0.5, 0.6) is 0 Å². The minimum Gasteiger partial charge on any atom is -0.468 e. The number of hydrogen-bond acceptors (Lipinski definition) is 3. The Kier molecular flexibility index (Phi) is 4.27. The maximum Gasteiger partial charge on any atom is 0.325 e. The second-order valence-corrected chi connectivity index (χ2v) is 3.06. The van der Waals surface area contributed by atoms with Crippen molar-refractivity contribution in [1.29, 1.82) is 0 Å². The molecule has 16 heavy (non-hydrogen) atoms. The molecule has 0 aromatic heterocycles. The minimum atomic E-state index is -0.482. The number of carbonyl (C=O) groups excluding carboxylic acids is 2. The topological polar surface area (TPSA) is 46.6 Å². The molecule has 0 saturated heterocycles. The van der Waals surface area contributed by atoms with Crippen molar-refractivity contribution in [2.75, 3.05) is 13.7 Å². The molecule has 1 rings (SSSR count). The van der Waals surface area contributed by atoms with E-state index < -0.39 is 5.97 Å². The van der Waals surface area contributed by atoms with E-state index in [2.05, 4.69) is 11.3 Å². The molecule has 0 saturated carbocycles. The first-order valence-electron chi connectivity index (χ1n) is 4.74. The largest absolute Gasteiger partial charge is 0.468 e. The summed E-state index contributed by atoms with van der Waals surface area (Å²) in [6, 6.07) is 8.68. The van der Waals surface area contributed by atoms with Crippen molar-refractivity contribution in [3.63, 3.8) is 0 Å². The molecule has 1 amide bonds. The van der Waals surface area contributed by atoms with E-state index in [0.29, 0.717) is 5.56 Å². The van der Waals surface area contributed by atoms with Crippen molar-refractivity contribution < 1.29 is 14.3 Å². The quantitative estimate of drug-likeness (QED) is 0.720. The summed E-state index contributed by atoms with van der Waals surface area (Å²) in [6.07, 6.45) is 1.31. The predicted molar refractivity (Wildman–Crippen MR) is 59.7 cm³/mol. The van der Waals surface area contributed by atoms with E-state index in [-0.39, 0.29) is 12.5 Å². The van der Waals surface area contributed by atoms with E-state index >= 15 is 0 Å². The third-order valence-electron chi connectivity index (χ3n) is 2.03. The Morgan fingerprint density at radius 3 is 2.50 bits per heavy atom. The normalized spacial score (nSPS) is 9.31. The molecule has 4 nitrogen and oxygen atoms in total. The van der Waals surface area contributed by atoms with Crippen molar-refractivity contribution in [2.24, 2.45) is 0 Å². The van der Waals surface area contributed by atoms with E-state index in [1.165, 1.54) is 18.2 Å². The van der Waals surface area contributed by atoms with Gasteiger partial charge in [-0.05, 0) is 12.1 Å². The van der Waals surface area contributed by atoms with Gasteiger partial charge >= 0.3 is 5.97 Å². The summed E-state index contributed by atoms with van der Waals surface area (Å²) in [5.41, 5.74) is 0.506. The molecule has 0 unspecified atom stereocenters. The number of esters is 1. The van der Waals surface area contributed by atoms with E-state index in [4.69, 9.17) is 0 Å². The second-order valence-electron chi connectivity index (χ2n) is 3.06. The maximum atomic E-state index is 11.9. The van der Waals surface area contributed by atoms with Crippen LogP contribution in [0.25, 0.3) is 0 Å². The number of carbonyl (C=O) groups is 2. The van der Waals surface area contributed by atoms with Gasteiger partial charge in [0, 0.05) is 11.8 Å². The molecule has 0 N–H and O–H groups in total. The summed E-state index contributed by atoms with van der Waals surface area (Å²) < 4.78 is 4.49. The monoisotopic (exact) mass is 219 g/mol. The van der Waals surface area contributed by atoms with Gasteiger partial charge in [-0.2, -0.15) is 0 Å². The molecular weight excluding hydrogens is 206 g/mol. The Labute approximate surface area is 94.1 Å². The Hall–Kier alpha value is -2.10. The minimum absolute atomic E-state index is 0.131. The molecule has 0 spiro atoms. The first-order valence-corrected chi connectivity index (χ1v) is 4.74. The van der Waals surface area contributed by atoms with E-state index in [1.54, 1.807) is 24.3 Å². The third kappa shape index (κ3) is 2.95. The lowest BCUT2D eigenvalue weighted by molar-refractivity contribution is -0.140. The number of nitrogens with zero attached hydrogens (tertiary/aromatic N) is 1. The van der Waals surface area contributed by atoms with Crippen molar-refractivity contribution in [3.8, 4) is 0 Å². The summed E-state index contributed by atoms with van der Waals surface area (Å²) in [4.78, 5) is 24.1. The van der Waals surface area contributed by atoms with Crippen molar-refractivity contribution in [1.82, 2.24) is 4.90 Å². The lowest BCUT2D eigenvalue weighted by Crippen LogP contribution is -2.31. The SMILES string of the molecule is C=CN(CC(=O)OC)C(=O)c1ccccc1. The molecule has 0 fully saturated rings. The standard InChI is InChI=1S/C12H13NO3/c1-3-13(9-11(14)16-2)12(15)10-7-5-4-6-8-10/h3-8H,1,9H2,2H3. The summed E-state index contributed by atoms with van der Waals surface area (Å²) in [5, 5.41) is 0. The summed E-state index contributed by atoms with van der Waals surface area (Å²) in [5.74, 6) is -0.759. The first-order chi connectivity index (χ1) is 7.69. The molecule has 0 aliphatic rings. The van der Waals surface area contributed by atoms with Gasteiger partial charge < -0.3 is 9.64 Å². The predicted octanol–water partition coefficient (Wildman–Crippen LogP) is 1.45. The fourth-order valence-corrected chi connectivity index (χ4v) is 1.17. The fourth-order valence-electron chi connectivity index (χ4n) is 1.17. The van der Waals surface area contributed by atoms with Gasteiger partial charge in [-0.3, -0.25) is 9.59 Å². The van der Waals surface area contributed by atoms with E-state index in [1.807, 2.05) is 6.07 Å². The first kappa shape index (κ1) is 12.0. The zero-order valence-electron chi connectivity index (χ0n) is 9.05. The van der Waals surface area contributed by atoms with Gasteiger partial charge in [-0.1, -0.05) is 24.8 Å². The Morgan fingerprint density at radius 1 is 1.38 bits per heavy atom. The molecule has 0 aliphatic heterocycles.